The second-order valence-electron chi connectivity index (χ2n) is 6.07. The third-order valence-electron chi connectivity index (χ3n) is 4.39. The van der Waals surface area contributed by atoms with Gasteiger partial charge in [0, 0.05) is 10.9 Å². The van der Waals surface area contributed by atoms with Crippen LogP contribution in [-0.2, 0) is 0 Å². The average molecular weight is 400 g/mol. The van der Waals surface area contributed by atoms with Gasteiger partial charge in [-0.1, -0.05) is 47.5 Å². The Labute approximate surface area is 165 Å². The largest absolute Gasteiger partial charge is 0.337 e. The Morgan fingerprint density at radius 2 is 1.73 bits per heavy atom. The van der Waals surface area contributed by atoms with Crippen LogP contribution in [0.15, 0.2) is 48.1 Å². The van der Waals surface area contributed by atoms with E-state index in [1.165, 1.54) is 11.1 Å². The molecule has 0 spiro atoms. The van der Waals surface area contributed by atoms with E-state index in [-0.39, 0.29) is 0 Å². The summed E-state index contributed by atoms with van der Waals surface area (Å²) in [5.41, 5.74) is 5.41. The van der Waals surface area contributed by atoms with Gasteiger partial charge in [-0.15, -0.1) is 11.3 Å². The maximum atomic E-state index is 6.31. The van der Waals surface area contributed by atoms with Crippen molar-refractivity contribution in [2.75, 3.05) is 5.32 Å². The summed E-state index contributed by atoms with van der Waals surface area (Å²) in [4.78, 5) is 9.78. The minimum absolute atomic E-state index is 0.548. The van der Waals surface area contributed by atoms with Crippen molar-refractivity contribution in [1.29, 1.82) is 0 Å². The molecule has 3 nitrogen and oxygen atoms in total. The first-order valence-corrected chi connectivity index (χ1v) is 9.69. The third-order valence-corrected chi connectivity index (χ3v) is 5.91. The number of thiophene rings is 1. The molecule has 4 rings (SSSR count). The molecule has 2 heterocycles. The molecule has 0 amide bonds. The van der Waals surface area contributed by atoms with Crippen molar-refractivity contribution >= 4 is 56.3 Å². The van der Waals surface area contributed by atoms with Gasteiger partial charge in [0.25, 0.3) is 0 Å². The van der Waals surface area contributed by atoms with Crippen LogP contribution in [0.25, 0.3) is 21.3 Å². The first-order chi connectivity index (χ1) is 12.5. The van der Waals surface area contributed by atoms with Gasteiger partial charge < -0.3 is 5.32 Å². The fraction of sp³-hybridized carbons (Fsp3) is 0.100. The number of rotatable bonds is 3. The van der Waals surface area contributed by atoms with Gasteiger partial charge in [0.15, 0.2) is 0 Å². The van der Waals surface area contributed by atoms with Gasteiger partial charge in [-0.05, 0) is 42.7 Å². The molecule has 2 aromatic heterocycles. The number of fused-ring (bicyclic) bond motifs is 1. The molecule has 0 saturated carbocycles. The van der Waals surface area contributed by atoms with Crippen LogP contribution >= 0.6 is 34.5 Å². The molecule has 26 heavy (non-hydrogen) atoms. The molecule has 0 aliphatic rings. The summed E-state index contributed by atoms with van der Waals surface area (Å²) in [5, 5.41) is 7.48. The van der Waals surface area contributed by atoms with E-state index in [0.29, 0.717) is 21.6 Å². The molecular weight excluding hydrogens is 385 g/mol. The van der Waals surface area contributed by atoms with E-state index < -0.39 is 0 Å². The van der Waals surface area contributed by atoms with Crippen molar-refractivity contribution in [3.63, 3.8) is 0 Å². The smallest absolute Gasteiger partial charge is 0.143 e. The number of aryl methyl sites for hydroxylation is 2. The maximum absolute atomic E-state index is 6.31. The molecule has 0 bridgehead atoms. The van der Waals surface area contributed by atoms with Crippen LogP contribution in [0.3, 0.4) is 0 Å². The van der Waals surface area contributed by atoms with E-state index >= 15 is 0 Å². The van der Waals surface area contributed by atoms with Gasteiger partial charge in [-0.3, -0.25) is 0 Å². The Bertz CT molecular complexity index is 1100. The zero-order valence-corrected chi connectivity index (χ0v) is 16.5. The highest BCUT2D eigenvalue weighted by Gasteiger charge is 2.15. The van der Waals surface area contributed by atoms with Crippen LogP contribution in [0.4, 0.5) is 11.5 Å². The molecule has 0 radical (unpaired) electrons. The molecule has 1 N–H and O–H groups in total. The SMILES string of the molecule is Cc1ccc(-c2csc3ncnc(Nc4c(Cl)cccc4Cl)c23)cc1C. The van der Waals surface area contributed by atoms with E-state index in [4.69, 9.17) is 23.2 Å². The highest BCUT2D eigenvalue weighted by Crippen LogP contribution is 2.40. The number of hydrogen-bond donors (Lipinski definition) is 1. The molecule has 0 saturated heterocycles. The second kappa shape index (κ2) is 6.88. The van der Waals surface area contributed by atoms with Crippen molar-refractivity contribution in [2.24, 2.45) is 0 Å². The Morgan fingerprint density at radius 1 is 0.962 bits per heavy atom. The number of aromatic nitrogens is 2. The molecule has 0 unspecified atom stereocenters. The monoisotopic (exact) mass is 399 g/mol. The topological polar surface area (TPSA) is 37.8 Å². The Morgan fingerprint density at radius 3 is 2.46 bits per heavy atom. The van der Waals surface area contributed by atoms with E-state index in [1.54, 1.807) is 29.8 Å². The van der Waals surface area contributed by atoms with Gasteiger partial charge in [-0.2, -0.15) is 0 Å². The Kier molecular flexibility index (Phi) is 4.57. The van der Waals surface area contributed by atoms with Crippen LogP contribution in [0.5, 0.6) is 0 Å². The van der Waals surface area contributed by atoms with Crippen LogP contribution in [0, 0.1) is 13.8 Å². The Hall–Kier alpha value is -2.14. The van der Waals surface area contributed by atoms with Crippen LogP contribution in [0.1, 0.15) is 11.1 Å². The predicted molar refractivity (Wildman–Crippen MR) is 112 cm³/mol. The summed E-state index contributed by atoms with van der Waals surface area (Å²) < 4.78 is 0. The highest BCUT2D eigenvalue weighted by atomic mass is 35.5. The second-order valence-corrected chi connectivity index (χ2v) is 7.75. The van der Waals surface area contributed by atoms with Crippen LogP contribution in [-0.4, -0.2) is 9.97 Å². The highest BCUT2D eigenvalue weighted by molar-refractivity contribution is 7.17. The van der Waals surface area contributed by atoms with E-state index in [9.17, 15) is 0 Å². The maximum Gasteiger partial charge on any atom is 0.143 e. The van der Waals surface area contributed by atoms with E-state index in [1.807, 2.05) is 6.07 Å². The predicted octanol–water partition coefficient (Wildman–Crippen LogP) is 7.03. The molecule has 0 fully saturated rings. The van der Waals surface area contributed by atoms with Crippen molar-refractivity contribution in [1.82, 2.24) is 9.97 Å². The number of nitrogens with zero attached hydrogens (tertiary/aromatic N) is 2. The van der Waals surface area contributed by atoms with Gasteiger partial charge in [0.1, 0.15) is 17.0 Å². The van der Waals surface area contributed by atoms with Crippen LogP contribution < -0.4 is 5.32 Å². The molecule has 130 valence electrons. The zero-order valence-electron chi connectivity index (χ0n) is 14.2. The molecule has 0 aliphatic carbocycles. The lowest BCUT2D eigenvalue weighted by Gasteiger charge is -2.12. The minimum atomic E-state index is 0.548. The molecule has 2 aromatic carbocycles. The summed E-state index contributed by atoms with van der Waals surface area (Å²) in [5.74, 6) is 0.694. The van der Waals surface area contributed by atoms with Crippen molar-refractivity contribution in [3.05, 3.63) is 69.3 Å². The number of nitrogens with one attached hydrogen (secondary N) is 1. The number of para-hydroxylation sites is 1. The number of benzene rings is 2. The van der Waals surface area contributed by atoms with Crippen molar-refractivity contribution in [3.8, 4) is 11.1 Å². The third kappa shape index (κ3) is 3.05. The zero-order chi connectivity index (χ0) is 18.3. The first kappa shape index (κ1) is 17.3. The average Bonchev–Trinajstić information content (AvgIpc) is 3.06. The lowest BCUT2D eigenvalue weighted by atomic mass is 10.0. The number of hydrogen-bond acceptors (Lipinski definition) is 4. The standard InChI is InChI=1S/C20H15Cl2N3S/c1-11-6-7-13(8-12(11)2)14-9-26-20-17(14)19(23-10-24-20)25-18-15(21)4-3-5-16(18)22/h3-10H,1-2H3,(H,23,24,25). The molecule has 0 aliphatic heterocycles. The summed E-state index contributed by atoms with van der Waals surface area (Å²) in [7, 11) is 0. The fourth-order valence-electron chi connectivity index (χ4n) is 2.83. The normalized spacial score (nSPS) is 11.1. The molecule has 6 heteroatoms. The minimum Gasteiger partial charge on any atom is -0.337 e. The number of anilines is 2. The quantitative estimate of drug-likeness (QED) is 0.401. The van der Waals surface area contributed by atoms with Crippen molar-refractivity contribution < 1.29 is 0 Å². The summed E-state index contributed by atoms with van der Waals surface area (Å²) in [6, 6.07) is 11.9. The van der Waals surface area contributed by atoms with Gasteiger partial charge in [0.2, 0.25) is 0 Å². The Balaban J connectivity index is 1.88. The number of halogens is 2. The first-order valence-electron chi connectivity index (χ1n) is 8.05. The van der Waals surface area contributed by atoms with Gasteiger partial charge in [0.05, 0.1) is 21.1 Å². The lowest BCUT2D eigenvalue weighted by molar-refractivity contribution is 1.23. The fourth-order valence-corrected chi connectivity index (χ4v) is 4.23. The van der Waals surface area contributed by atoms with Crippen LogP contribution in [0.2, 0.25) is 10.0 Å². The summed E-state index contributed by atoms with van der Waals surface area (Å²) in [6.07, 6.45) is 1.55. The molecule has 4 aromatic rings. The summed E-state index contributed by atoms with van der Waals surface area (Å²) >= 11 is 14.2. The van der Waals surface area contributed by atoms with Gasteiger partial charge in [-0.25, -0.2) is 9.97 Å². The molecular formula is C20H15Cl2N3S. The van der Waals surface area contributed by atoms with E-state index in [2.05, 4.69) is 52.7 Å². The van der Waals surface area contributed by atoms with Crippen molar-refractivity contribution in [2.45, 2.75) is 13.8 Å². The lowest BCUT2D eigenvalue weighted by Crippen LogP contribution is -1.97. The van der Waals surface area contributed by atoms with Gasteiger partial charge >= 0.3 is 0 Å². The van der Waals surface area contributed by atoms with E-state index in [0.717, 1.165) is 21.3 Å². The summed E-state index contributed by atoms with van der Waals surface area (Å²) in [6.45, 7) is 4.23. The molecule has 0 atom stereocenters.